The minimum Gasteiger partial charge on any atom is -0.383 e. The second kappa shape index (κ2) is 8.21. The van der Waals surface area contributed by atoms with Crippen molar-refractivity contribution in [2.75, 3.05) is 46.4 Å². The highest BCUT2D eigenvalue weighted by Gasteiger charge is 2.32. The molecule has 0 bridgehead atoms. The number of hydrogen-bond donors (Lipinski definition) is 2. The van der Waals surface area contributed by atoms with Crippen LogP contribution < -0.4 is 9.80 Å². The number of aromatic nitrogens is 4. The van der Waals surface area contributed by atoms with E-state index in [0.717, 1.165) is 25.3 Å². The zero-order valence-corrected chi connectivity index (χ0v) is 13.2. The fourth-order valence-corrected chi connectivity index (χ4v) is 3.13. The van der Waals surface area contributed by atoms with Gasteiger partial charge in [0.15, 0.2) is 0 Å². The van der Waals surface area contributed by atoms with Crippen LogP contribution in [0.4, 0.5) is 0 Å². The van der Waals surface area contributed by atoms with Crippen LogP contribution in [0.3, 0.4) is 0 Å². The number of methoxy groups -OCH3 is 1. The van der Waals surface area contributed by atoms with Crippen molar-refractivity contribution >= 4 is 0 Å². The maximum Gasteiger partial charge on any atom is 0.209 e. The third-order valence-electron chi connectivity index (χ3n) is 4.31. The summed E-state index contributed by atoms with van der Waals surface area (Å²) in [5.74, 6) is 0.997. The van der Waals surface area contributed by atoms with Crippen LogP contribution in [-0.2, 0) is 11.3 Å². The molecule has 1 aliphatic heterocycles. The van der Waals surface area contributed by atoms with E-state index in [9.17, 15) is 0 Å². The van der Waals surface area contributed by atoms with Crippen molar-refractivity contribution in [1.29, 1.82) is 0 Å². The third-order valence-corrected chi connectivity index (χ3v) is 4.31. The molecular formula is C14H28N6O+2. The lowest BCUT2D eigenvalue weighted by molar-refractivity contribution is -1.03. The summed E-state index contributed by atoms with van der Waals surface area (Å²) in [5, 5.41) is 12.2. The first-order chi connectivity index (χ1) is 10.3. The molecule has 1 saturated heterocycles. The van der Waals surface area contributed by atoms with E-state index in [1.807, 2.05) is 10.8 Å². The molecular weight excluding hydrogens is 268 g/mol. The van der Waals surface area contributed by atoms with E-state index in [0.29, 0.717) is 12.6 Å². The van der Waals surface area contributed by atoms with Crippen molar-refractivity contribution < 1.29 is 14.5 Å². The van der Waals surface area contributed by atoms with E-state index < -0.39 is 0 Å². The molecule has 21 heavy (non-hydrogen) atoms. The van der Waals surface area contributed by atoms with Crippen molar-refractivity contribution in [2.45, 2.75) is 25.9 Å². The van der Waals surface area contributed by atoms with Crippen LogP contribution in [-0.4, -0.2) is 66.6 Å². The van der Waals surface area contributed by atoms with Crippen LogP contribution in [0, 0.1) is 0 Å². The molecule has 0 saturated carbocycles. The van der Waals surface area contributed by atoms with Gasteiger partial charge in [0.1, 0.15) is 32.2 Å². The minimum absolute atomic E-state index is 0.377. The number of piperazine rings is 1. The lowest BCUT2D eigenvalue weighted by Gasteiger charge is -2.33. The van der Waals surface area contributed by atoms with E-state index in [-0.39, 0.29) is 0 Å². The molecule has 118 valence electrons. The highest BCUT2D eigenvalue weighted by Crippen LogP contribution is 2.09. The summed E-state index contributed by atoms with van der Waals surface area (Å²) in [6.45, 7) is 13.2. The zero-order valence-electron chi connectivity index (χ0n) is 13.2. The first-order valence-corrected chi connectivity index (χ1v) is 7.84. The molecule has 7 heteroatoms. The highest BCUT2D eigenvalue weighted by atomic mass is 16.5. The quantitative estimate of drug-likeness (QED) is 0.532. The largest absolute Gasteiger partial charge is 0.383 e. The van der Waals surface area contributed by atoms with Gasteiger partial charge in [-0.3, -0.25) is 0 Å². The molecule has 2 rings (SSSR count). The number of rotatable bonds is 8. The molecule has 1 atom stereocenters. The van der Waals surface area contributed by atoms with Gasteiger partial charge in [-0.1, -0.05) is 13.5 Å². The van der Waals surface area contributed by atoms with Crippen molar-refractivity contribution in [3.63, 3.8) is 0 Å². The van der Waals surface area contributed by atoms with E-state index >= 15 is 0 Å². The smallest absolute Gasteiger partial charge is 0.209 e. The van der Waals surface area contributed by atoms with Crippen molar-refractivity contribution in [2.24, 2.45) is 0 Å². The van der Waals surface area contributed by atoms with Gasteiger partial charge in [0.2, 0.25) is 5.82 Å². The second-order valence-corrected chi connectivity index (χ2v) is 5.61. The minimum atomic E-state index is 0.377. The lowest BCUT2D eigenvalue weighted by Crippen LogP contribution is -3.28. The van der Waals surface area contributed by atoms with Crippen LogP contribution in [0.25, 0.3) is 0 Å². The van der Waals surface area contributed by atoms with Crippen LogP contribution >= 0.6 is 0 Å². The molecule has 1 aromatic heterocycles. The van der Waals surface area contributed by atoms with E-state index in [2.05, 4.69) is 29.0 Å². The molecule has 1 aromatic rings. The van der Waals surface area contributed by atoms with Gasteiger partial charge in [0, 0.05) is 13.5 Å². The van der Waals surface area contributed by atoms with E-state index in [1.54, 1.807) is 16.9 Å². The van der Waals surface area contributed by atoms with Gasteiger partial charge in [0.05, 0.1) is 19.7 Å². The van der Waals surface area contributed by atoms with Crippen molar-refractivity contribution in [1.82, 2.24) is 20.2 Å². The Morgan fingerprint density at radius 3 is 2.76 bits per heavy atom. The number of nitrogens with one attached hydrogen (secondary N) is 2. The summed E-state index contributed by atoms with van der Waals surface area (Å²) in [4.78, 5) is 3.22. The Morgan fingerprint density at radius 2 is 2.14 bits per heavy atom. The summed E-state index contributed by atoms with van der Waals surface area (Å²) >= 11 is 0. The topological polar surface area (TPSA) is 61.7 Å². The summed E-state index contributed by atoms with van der Waals surface area (Å²) in [7, 11) is 1.70. The maximum atomic E-state index is 5.13. The Bertz CT molecular complexity index is 427. The van der Waals surface area contributed by atoms with Crippen molar-refractivity contribution in [3.8, 4) is 0 Å². The van der Waals surface area contributed by atoms with Gasteiger partial charge < -0.3 is 14.5 Å². The number of nitrogens with zero attached hydrogens (tertiary/aromatic N) is 4. The molecule has 0 aromatic carbocycles. The third kappa shape index (κ3) is 4.09. The number of hydrogen-bond acceptors (Lipinski definition) is 4. The Balaban J connectivity index is 2.00. The maximum absolute atomic E-state index is 5.13. The molecule has 0 aliphatic carbocycles. The van der Waals surface area contributed by atoms with Gasteiger partial charge in [0.25, 0.3) is 0 Å². The molecule has 7 nitrogen and oxygen atoms in total. The second-order valence-electron chi connectivity index (χ2n) is 5.61. The summed E-state index contributed by atoms with van der Waals surface area (Å²) in [5.41, 5.74) is 0. The molecule has 0 radical (unpaired) electrons. The average molecular weight is 296 g/mol. The number of quaternary nitrogens is 2. The molecule has 1 fully saturated rings. The van der Waals surface area contributed by atoms with Crippen LogP contribution in [0.2, 0.25) is 0 Å². The Hall–Kier alpha value is -1.31. The van der Waals surface area contributed by atoms with E-state index in [1.165, 1.54) is 26.2 Å². The molecule has 2 heterocycles. The predicted octanol–water partition coefficient (Wildman–Crippen LogP) is -2.26. The monoisotopic (exact) mass is 296 g/mol. The predicted molar refractivity (Wildman–Crippen MR) is 79.2 cm³/mol. The molecule has 2 N–H and O–H groups in total. The Labute approximate surface area is 126 Å². The molecule has 0 amide bonds. The van der Waals surface area contributed by atoms with Gasteiger partial charge >= 0.3 is 0 Å². The van der Waals surface area contributed by atoms with Gasteiger partial charge in [-0.15, -0.1) is 5.10 Å². The van der Waals surface area contributed by atoms with Gasteiger partial charge in [-0.05, 0) is 16.5 Å². The first kappa shape index (κ1) is 16.1. The highest BCUT2D eigenvalue weighted by molar-refractivity contribution is 4.87. The SMILES string of the molecule is C=CC[NH+]1CC[NH+]([C@H](CC)c2nnnn2CCOC)CC1. The summed E-state index contributed by atoms with van der Waals surface area (Å²) in [6, 6.07) is 0.377. The van der Waals surface area contributed by atoms with Gasteiger partial charge in [-0.25, -0.2) is 4.68 Å². The molecule has 0 unspecified atom stereocenters. The average Bonchev–Trinajstić information content (AvgIpc) is 2.96. The summed E-state index contributed by atoms with van der Waals surface area (Å²) < 4.78 is 7.03. The van der Waals surface area contributed by atoms with Crippen molar-refractivity contribution in [3.05, 3.63) is 18.5 Å². The standard InChI is InChI=1S/C14H26N6O/c1-4-6-18-7-9-19(10-8-18)13(5-2)14-15-16-17-20(14)11-12-21-3/h4,13H,1,5-12H2,2-3H3/p+2/t13-/m1/s1. The summed E-state index contributed by atoms with van der Waals surface area (Å²) in [6.07, 6.45) is 3.07. The molecule has 1 aliphatic rings. The van der Waals surface area contributed by atoms with E-state index in [4.69, 9.17) is 4.74 Å². The zero-order chi connectivity index (χ0) is 15.1. The lowest BCUT2D eigenvalue weighted by atomic mass is 10.1. The normalized spacial score (nSPS) is 23.9. The molecule has 0 spiro atoms. The number of ether oxygens (including phenoxy) is 1. The van der Waals surface area contributed by atoms with Crippen LogP contribution in [0.15, 0.2) is 12.7 Å². The first-order valence-electron chi connectivity index (χ1n) is 7.84. The Kier molecular flexibility index (Phi) is 6.28. The van der Waals surface area contributed by atoms with Gasteiger partial charge in [-0.2, -0.15) is 0 Å². The fraction of sp³-hybridized carbons (Fsp3) is 0.786. The fourth-order valence-electron chi connectivity index (χ4n) is 3.13. The van der Waals surface area contributed by atoms with Crippen LogP contribution in [0.5, 0.6) is 0 Å². The number of tetrazole rings is 1. The Morgan fingerprint density at radius 1 is 1.38 bits per heavy atom. The van der Waals surface area contributed by atoms with Crippen LogP contribution in [0.1, 0.15) is 25.2 Å².